The molecule has 0 aliphatic rings. The maximum absolute atomic E-state index is 11.8. The topological polar surface area (TPSA) is 91.0 Å². The molecule has 0 saturated heterocycles. The van der Waals surface area contributed by atoms with Crippen LogP contribution in [-0.2, 0) is 13.0 Å². The predicted molar refractivity (Wildman–Crippen MR) is 71.9 cm³/mol. The van der Waals surface area contributed by atoms with Crippen molar-refractivity contribution in [2.45, 2.75) is 13.0 Å². The number of azide groups is 1. The van der Waals surface area contributed by atoms with Gasteiger partial charge in [0.05, 0.1) is 6.54 Å². The molecule has 0 aliphatic carbocycles. The van der Waals surface area contributed by atoms with E-state index in [-0.39, 0.29) is 18.2 Å². The van der Waals surface area contributed by atoms with E-state index in [0.717, 1.165) is 6.42 Å². The summed E-state index contributed by atoms with van der Waals surface area (Å²) < 4.78 is 5.26. The van der Waals surface area contributed by atoms with Crippen LogP contribution in [0, 0.1) is 0 Å². The Morgan fingerprint density at radius 2 is 2.37 bits per heavy atom. The van der Waals surface area contributed by atoms with E-state index in [1.165, 1.54) is 4.88 Å². The van der Waals surface area contributed by atoms with Gasteiger partial charge in [-0.25, -0.2) is 0 Å². The van der Waals surface area contributed by atoms with Crippen LogP contribution in [0.15, 0.2) is 39.2 Å². The molecule has 0 aromatic carbocycles. The summed E-state index contributed by atoms with van der Waals surface area (Å²) in [6.45, 7) is 0.671. The number of furan rings is 1. The second-order valence-corrected chi connectivity index (χ2v) is 4.77. The average Bonchev–Trinajstić information content (AvgIpc) is 3.07. The number of hydrogen-bond donors (Lipinski definition) is 1. The predicted octanol–water partition coefficient (Wildman–Crippen LogP) is 3.12. The first-order valence-electron chi connectivity index (χ1n) is 5.70. The molecule has 2 rings (SSSR count). The minimum Gasteiger partial charge on any atom is -0.456 e. The summed E-state index contributed by atoms with van der Waals surface area (Å²) in [6.07, 6.45) is 0.801. The van der Waals surface area contributed by atoms with Crippen LogP contribution in [0.2, 0.25) is 0 Å². The molecular formula is C12H12N4O2S. The van der Waals surface area contributed by atoms with Crippen molar-refractivity contribution in [1.82, 2.24) is 5.32 Å². The van der Waals surface area contributed by atoms with Gasteiger partial charge in [-0.2, -0.15) is 0 Å². The van der Waals surface area contributed by atoms with Gasteiger partial charge in [0.25, 0.3) is 5.91 Å². The van der Waals surface area contributed by atoms with Gasteiger partial charge in [0.1, 0.15) is 5.76 Å². The molecule has 1 amide bonds. The molecule has 0 bridgehead atoms. The monoisotopic (exact) mass is 276 g/mol. The highest BCUT2D eigenvalue weighted by atomic mass is 32.1. The molecule has 7 heteroatoms. The van der Waals surface area contributed by atoms with E-state index in [0.29, 0.717) is 12.3 Å². The third kappa shape index (κ3) is 3.87. The van der Waals surface area contributed by atoms with Crippen molar-refractivity contribution in [3.8, 4) is 0 Å². The summed E-state index contributed by atoms with van der Waals surface area (Å²) in [6, 6.07) is 7.21. The number of amides is 1. The molecule has 0 atom stereocenters. The van der Waals surface area contributed by atoms with Crippen LogP contribution in [0.5, 0.6) is 0 Å². The number of hydrogen-bond acceptors (Lipinski definition) is 4. The molecule has 0 fully saturated rings. The van der Waals surface area contributed by atoms with Crippen LogP contribution in [-0.4, -0.2) is 12.5 Å². The Morgan fingerprint density at radius 1 is 1.47 bits per heavy atom. The molecule has 2 aromatic heterocycles. The Hall–Kier alpha value is -2.24. The molecule has 0 unspecified atom stereocenters. The zero-order valence-electron chi connectivity index (χ0n) is 10.1. The average molecular weight is 276 g/mol. The normalized spacial score (nSPS) is 9.89. The fraction of sp³-hybridized carbons (Fsp3) is 0.250. The van der Waals surface area contributed by atoms with Crippen molar-refractivity contribution in [2.24, 2.45) is 5.11 Å². The van der Waals surface area contributed by atoms with Crippen molar-refractivity contribution in [3.63, 3.8) is 0 Å². The SMILES string of the molecule is [N-]=[N+]=NCc1ccc(C(=O)NCCc2cccs2)o1. The first-order chi connectivity index (χ1) is 9.29. The highest BCUT2D eigenvalue weighted by Crippen LogP contribution is 2.10. The van der Waals surface area contributed by atoms with Crippen LogP contribution >= 0.6 is 11.3 Å². The third-order valence-corrected chi connectivity index (χ3v) is 3.35. The van der Waals surface area contributed by atoms with Crippen LogP contribution in [0.3, 0.4) is 0 Å². The summed E-state index contributed by atoms with van der Waals surface area (Å²) in [5.74, 6) is 0.444. The van der Waals surface area contributed by atoms with Crippen LogP contribution in [0.4, 0.5) is 0 Å². The van der Waals surface area contributed by atoms with Gasteiger partial charge >= 0.3 is 0 Å². The van der Waals surface area contributed by atoms with E-state index < -0.39 is 0 Å². The number of carbonyl (C=O) groups excluding carboxylic acids is 1. The number of thiophene rings is 1. The van der Waals surface area contributed by atoms with Crippen LogP contribution in [0.25, 0.3) is 10.4 Å². The fourth-order valence-electron chi connectivity index (χ4n) is 1.53. The van der Waals surface area contributed by atoms with Gasteiger partial charge < -0.3 is 9.73 Å². The Morgan fingerprint density at radius 3 is 3.11 bits per heavy atom. The standard InChI is InChI=1S/C12H12N4O2S/c13-16-15-8-9-3-4-11(18-9)12(17)14-6-5-10-2-1-7-19-10/h1-4,7H,5-6,8H2,(H,14,17). The van der Waals surface area contributed by atoms with Gasteiger partial charge in [-0.05, 0) is 35.5 Å². The molecule has 6 nitrogen and oxygen atoms in total. The molecule has 98 valence electrons. The molecule has 0 spiro atoms. The molecule has 0 radical (unpaired) electrons. The molecule has 0 aliphatic heterocycles. The Bertz CT molecular complexity index is 585. The lowest BCUT2D eigenvalue weighted by Crippen LogP contribution is -2.25. The summed E-state index contributed by atoms with van der Waals surface area (Å²) >= 11 is 1.66. The van der Waals surface area contributed by atoms with Gasteiger partial charge in [0, 0.05) is 16.3 Å². The highest BCUT2D eigenvalue weighted by molar-refractivity contribution is 7.09. The van der Waals surface area contributed by atoms with Crippen molar-refractivity contribution in [2.75, 3.05) is 6.54 Å². The molecular weight excluding hydrogens is 264 g/mol. The van der Waals surface area contributed by atoms with Crippen LogP contribution in [0.1, 0.15) is 21.2 Å². The third-order valence-electron chi connectivity index (χ3n) is 2.41. The Kier molecular flexibility index (Phi) is 4.60. The number of nitrogens with one attached hydrogen (secondary N) is 1. The van der Waals surface area contributed by atoms with E-state index in [2.05, 4.69) is 15.3 Å². The number of carbonyl (C=O) groups is 1. The highest BCUT2D eigenvalue weighted by Gasteiger charge is 2.10. The van der Waals surface area contributed by atoms with Crippen molar-refractivity contribution < 1.29 is 9.21 Å². The number of rotatable bonds is 6. The zero-order chi connectivity index (χ0) is 13.5. The minimum atomic E-state index is -0.260. The molecule has 0 saturated carbocycles. The van der Waals surface area contributed by atoms with E-state index in [4.69, 9.17) is 9.95 Å². The van der Waals surface area contributed by atoms with Gasteiger partial charge in [-0.3, -0.25) is 4.79 Å². The largest absolute Gasteiger partial charge is 0.456 e. The lowest BCUT2D eigenvalue weighted by atomic mass is 10.3. The van der Waals surface area contributed by atoms with Crippen molar-refractivity contribution in [3.05, 3.63) is 56.5 Å². The van der Waals surface area contributed by atoms with Gasteiger partial charge in [-0.1, -0.05) is 11.2 Å². The molecule has 2 heterocycles. The van der Waals surface area contributed by atoms with Gasteiger partial charge in [0.2, 0.25) is 0 Å². The first-order valence-corrected chi connectivity index (χ1v) is 6.57. The van der Waals surface area contributed by atoms with Crippen molar-refractivity contribution >= 4 is 17.2 Å². The summed E-state index contributed by atoms with van der Waals surface area (Å²) in [7, 11) is 0. The lowest BCUT2D eigenvalue weighted by molar-refractivity contribution is 0.0925. The van der Waals surface area contributed by atoms with Crippen LogP contribution < -0.4 is 5.32 Å². The van der Waals surface area contributed by atoms with E-state index in [1.54, 1.807) is 23.5 Å². The van der Waals surface area contributed by atoms with E-state index in [9.17, 15) is 4.79 Å². The van der Waals surface area contributed by atoms with Gasteiger partial charge in [0.15, 0.2) is 5.76 Å². The maximum atomic E-state index is 11.8. The maximum Gasteiger partial charge on any atom is 0.287 e. The summed E-state index contributed by atoms with van der Waals surface area (Å²) in [5, 5.41) is 8.15. The molecule has 2 aromatic rings. The van der Waals surface area contributed by atoms with Gasteiger partial charge in [-0.15, -0.1) is 11.3 Å². The second-order valence-electron chi connectivity index (χ2n) is 3.74. The first kappa shape index (κ1) is 13.2. The summed E-state index contributed by atoms with van der Waals surface area (Å²) in [5.41, 5.74) is 8.19. The van der Waals surface area contributed by atoms with E-state index in [1.807, 2.05) is 17.5 Å². The Balaban J connectivity index is 1.82. The molecule has 19 heavy (non-hydrogen) atoms. The lowest BCUT2D eigenvalue weighted by Gasteiger charge is -2.01. The number of nitrogens with zero attached hydrogens (tertiary/aromatic N) is 3. The Labute approximate surface area is 113 Å². The zero-order valence-corrected chi connectivity index (χ0v) is 10.9. The second kappa shape index (κ2) is 6.63. The summed E-state index contributed by atoms with van der Waals surface area (Å²) in [4.78, 5) is 15.6. The smallest absolute Gasteiger partial charge is 0.287 e. The van der Waals surface area contributed by atoms with Crippen molar-refractivity contribution in [1.29, 1.82) is 0 Å². The fourth-order valence-corrected chi connectivity index (χ4v) is 2.24. The molecule has 1 N–H and O–H groups in total. The minimum absolute atomic E-state index is 0.110. The van der Waals surface area contributed by atoms with E-state index >= 15 is 0 Å². The quantitative estimate of drug-likeness (QED) is 0.499.